The van der Waals surface area contributed by atoms with Crippen LogP contribution in [0.15, 0.2) is 35.8 Å². The number of carbonyl (C=O) groups excluding carboxylic acids is 1. The van der Waals surface area contributed by atoms with Crippen molar-refractivity contribution >= 4 is 33.4 Å². The predicted molar refractivity (Wildman–Crippen MR) is 98.8 cm³/mol. The second-order valence-electron chi connectivity index (χ2n) is 6.15. The van der Waals surface area contributed by atoms with Crippen LogP contribution in [0.3, 0.4) is 0 Å². The smallest absolute Gasteiger partial charge is 0.274 e. The molecule has 7 heteroatoms. The minimum absolute atomic E-state index is 0.000823. The number of amides is 1. The standard InChI is InChI=1S/C18H19N5OS/c1-12(13-6-2-3-8-19-13)20-18-21-14-7-11-25-16(14)15(22-18)17(24)23-9-4-5-10-23/h2-3,6-8,11-12H,4-5,9-10H2,1H3,(H,20,21,22). The van der Waals surface area contributed by atoms with E-state index in [2.05, 4.69) is 20.3 Å². The molecule has 0 aliphatic carbocycles. The number of thiophene rings is 1. The first-order valence-electron chi connectivity index (χ1n) is 8.44. The molecule has 1 fully saturated rings. The molecule has 0 radical (unpaired) electrons. The Bertz CT molecular complexity index is 889. The van der Waals surface area contributed by atoms with E-state index in [4.69, 9.17) is 0 Å². The fourth-order valence-corrected chi connectivity index (χ4v) is 3.85. The van der Waals surface area contributed by atoms with Crippen LogP contribution in [0.4, 0.5) is 5.95 Å². The van der Waals surface area contributed by atoms with Crippen molar-refractivity contribution in [2.75, 3.05) is 18.4 Å². The Hall–Kier alpha value is -2.54. The van der Waals surface area contributed by atoms with Crippen molar-refractivity contribution in [1.29, 1.82) is 0 Å². The number of likely N-dealkylation sites (tertiary alicyclic amines) is 1. The first-order chi connectivity index (χ1) is 12.2. The summed E-state index contributed by atoms with van der Waals surface area (Å²) >= 11 is 1.51. The molecule has 1 unspecified atom stereocenters. The molecule has 1 aliphatic rings. The fraction of sp³-hybridized carbons (Fsp3) is 0.333. The zero-order chi connectivity index (χ0) is 17.2. The lowest BCUT2D eigenvalue weighted by molar-refractivity contribution is 0.0789. The summed E-state index contributed by atoms with van der Waals surface area (Å²) in [6.45, 7) is 3.62. The van der Waals surface area contributed by atoms with Crippen LogP contribution in [0, 0.1) is 0 Å². The molecule has 1 atom stereocenters. The summed E-state index contributed by atoms with van der Waals surface area (Å²) in [4.78, 5) is 28.2. The van der Waals surface area contributed by atoms with Crippen LogP contribution in [-0.2, 0) is 0 Å². The number of nitrogens with one attached hydrogen (secondary N) is 1. The molecule has 0 saturated carbocycles. The van der Waals surface area contributed by atoms with Gasteiger partial charge in [-0.3, -0.25) is 9.78 Å². The van der Waals surface area contributed by atoms with E-state index in [1.165, 1.54) is 11.3 Å². The second kappa shape index (κ2) is 6.76. The van der Waals surface area contributed by atoms with Crippen LogP contribution < -0.4 is 5.32 Å². The minimum Gasteiger partial charge on any atom is -0.346 e. The number of hydrogen-bond donors (Lipinski definition) is 1. The number of anilines is 1. The molecule has 25 heavy (non-hydrogen) atoms. The second-order valence-corrected chi connectivity index (χ2v) is 7.07. The summed E-state index contributed by atoms with van der Waals surface area (Å²) in [5.41, 5.74) is 2.21. The van der Waals surface area contributed by atoms with Crippen molar-refractivity contribution in [1.82, 2.24) is 19.9 Å². The summed E-state index contributed by atoms with van der Waals surface area (Å²) in [5.74, 6) is 0.465. The number of fused-ring (bicyclic) bond motifs is 1. The molecule has 3 aromatic rings. The van der Waals surface area contributed by atoms with Gasteiger partial charge in [-0.1, -0.05) is 6.07 Å². The van der Waals surface area contributed by atoms with Crippen molar-refractivity contribution in [3.05, 3.63) is 47.2 Å². The third kappa shape index (κ3) is 3.19. The van der Waals surface area contributed by atoms with Gasteiger partial charge in [-0.05, 0) is 43.3 Å². The molecule has 1 saturated heterocycles. The van der Waals surface area contributed by atoms with E-state index in [0.29, 0.717) is 11.6 Å². The maximum Gasteiger partial charge on any atom is 0.274 e. The number of nitrogens with zero attached hydrogens (tertiary/aromatic N) is 4. The summed E-state index contributed by atoms with van der Waals surface area (Å²) in [6.07, 6.45) is 3.89. The fourth-order valence-electron chi connectivity index (χ4n) is 3.04. The van der Waals surface area contributed by atoms with Crippen LogP contribution in [0.25, 0.3) is 10.2 Å². The zero-order valence-corrected chi connectivity index (χ0v) is 14.8. The SMILES string of the molecule is CC(Nc1nc(C(=O)N2CCCC2)c2sccc2n1)c1ccccn1. The van der Waals surface area contributed by atoms with Gasteiger partial charge >= 0.3 is 0 Å². The lowest BCUT2D eigenvalue weighted by Crippen LogP contribution is -2.29. The molecule has 0 bridgehead atoms. The third-order valence-corrected chi connectivity index (χ3v) is 5.29. The Morgan fingerprint density at radius 1 is 1.24 bits per heavy atom. The Labute approximate surface area is 149 Å². The molecule has 6 nitrogen and oxygen atoms in total. The summed E-state index contributed by atoms with van der Waals surface area (Å²) in [6, 6.07) is 7.67. The van der Waals surface area contributed by atoms with Gasteiger partial charge in [-0.25, -0.2) is 9.97 Å². The van der Waals surface area contributed by atoms with Gasteiger partial charge in [0.2, 0.25) is 5.95 Å². The van der Waals surface area contributed by atoms with Crippen molar-refractivity contribution < 1.29 is 4.79 Å². The van der Waals surface area contributed by atoms with E-state index in [0.717, 1.165) is 41.8 Å². The quantitative estimate of drug-likeness (QED) is 0.777. The molecule has 0 aromatic carbocycles. The molecular formula is C18H19N5OS. The van der Waals surface area contributed by atoms with E-state index < -0.39 is 0 Å². The van der Waals surface area contributed by atoms with E-state index in [-0.39, 0.29) is 11.9 Å². The highest BCUT2D eigenvalue weighted by atomic mass is 32.1. The van der Waals surface area contributed by atoms with Gasteiger partial charge < -0.3 is 10.2 Å². The molecule has 4 heterocycles. The van der Waals surface area contributed by atoms with E-state index in [1.807, 2.05) is 41.5 Å². The molecule has 3 aromatic heterocycles. The summed E-state index contributed by atoms with van der Waals surface area (Å²) < 4.78 is 0.855. The Morgan fingerprint density at radius 3 is 2.84 bits per heavy atom. The molecule has 4 rings (SSSR count). The molecule has 1 aliphatic heterocycles. The van der Waals surface area contributed by atoms with Crippen LogP contribution in [0.5, 0.6) is 0 Å². The van der Waals surface area contributed by atoms with Crippen LogP contribution in [-0.4, -0.2) is 38.8 Å². The van der Waals surface area contributed by atoms with Gasteiger partial charge in [0.15, 0.2) is 5.69 Å². The number of hydrogen-bond acceptors (Lipinski definition) is 6. The highest BCUT2D eigenvalue weighted by molar-refractivity contribution is 7.17. The maximum atomic E-state index is 12.9. The average molecular weight is 353 g/mol. The maximum absolute atomic E-state index is 12.9. The Kier molecular flexibility index (Phi) is 4.31. The first kappa shape index (κ1) is 16.0. The first-order valence-corrected chi connectivity index (χ1v) is 9.32. The average Bonchev–Trinajstić information content (AvgIpc) is 3.33. The van der Waals surface area contributed by atoms with Gasteiger partial charge in [0.05, 0.1) is 22.0 Å². The summed E-state index contributed by atoms with van der Waals surface area (Å²) in [5, 5.41) is 5.23. The van der Waals surface area contributed by atoms with Gasteiger partial charge in [-0.2, -0.15) is 0 Å². The van der Waals surface area contributed by atoms with Crippen molar-refractivity contribution in [2.45, 2.75) is 25.8 Å². The number of rotatable bonds is 4. The van der Waals surface area contributed by atoms with Crippen LogP contribution >= 0.6 is 11.3 Å². The number of carbonyl (C=O) groups is 1. The highest BCUT2D eigenvalue weighted by Crippen LogP contribution is 2.26. The zero-order valence-electron chi connectivity index (χ0n) is 14.0. The third-order valence-electron chi connectivity index (χ3n) is 4.38. The van der Waals surface area contributed by atoms with E-state index in [9.17, 15) is 4.79 Å². The van der Waals surface area contributed by atoms with Crippen LogP contribution in [0.2, 0.25) is 0 Å². The molecule has 1 amide bonds. The normalized spacial score (nSPS) is 15.5. The van der Waals surface area contributed by atoms with Gasteiger partial charge in [0.25, 0.3) is 5.91 Å². The van der Waals surface area contributed by atoms with E-state index in [1.54, 1.807) is 6.20 Å². The van der Waals surface area contributed by atoms with Crippen molar-refractivity contribution in [2.24, 2.45) is 0 Å². The largest absolute Gasteiger partial charge is 0.346 e. The topological polar surface area (TPSA) is 71.0 Å². The van der Waals surface area contributed by atoms with E-state index >= 15 is 0 Å². The van der Waals surface area contributed by atoms with Crippen molar-refractivity contribution in [3.63, 3.8) is 0 Å². The molecule has 1 N–H and O–H groups in total. The highest BCUT2D eigenvalue weighted by Gasteiger charge is 2.24. The summed E-state index contributed by atoms with van der Waals surface area (Å²) in [7, 11) is 0. The molecule has 0 spiro atoms. The Morgan fingerprint density at radius 2 is 2.08 bits per heavy atom. The monoisotopic (exact) mass is 353 g/mol. The minimum atomic E-state index is -0.0491. The predicted octanol–water partition coefficient (Wildman–Crippen LogP) is 3.50. The molecule has 128 valence electrons. The molecular weight excluding hydrogens is 334 g/mol. The van der Waals surface area contributed by atoms with Gasteiger partial charge in [0, 0.05) is 19.3 Å². The number of aromatic nitrogens is 3. The number of pyridine rings is 1. The van der Waals surface area contributed by atoms with Crippen LogP contribution in [0.1, 0.15) is 42.0 Å². The van der Waals surface area contributed by atoms with Gasteiger partial charge in [-0.15, -0.1) is 11.3 Å². The Balaban J connectivity index is 1.67. The lowest BCUT2D eigenvalue weighted by Gasteiger charge is -2.17. The van der Waals surface area contributed by atoms with Gasteiger partial charge in [0.1, 0.15) is 0 Å². The lowest BCUT2D eigenvalue weighted by atomic mass is 10.2. The van der Waals surface area contributed by atoms with Crippen molar-refractivity contribution in [3.8, 4) is 0 Å².